The summed E-state index contributed by atoms with van der Waals surface area (Å²) in [5, 5.41) is 7.66. The van der Waals surface area contributed by atoms with Crippen molar-refractivity contribution in [2.45, 2.75) is 58.7 Å². The van der Waals surface area contributed by atoms with Gasteiger partial charge in [-0.3, -0.25) is 4.79 Å². The molecule has 176 valence electrons. The van der Waals surface area contributed by atoms with Crippen LogP contribution in [-0.4, -0.2) is 62.3 Å². The average Bonchev–Trinajstić information content (AvgIpc) is 3.24. The zero-order valence-corrected chi connectivity index (χ0v) is 21.7. The summed E-state index contributed by atoms with van der Waals surface area (Å²) in [4.78, 5) is 19.3. The Balaban J connectivity index is 1.46. The lowest BCUT2D eigenvalue weighted by Gasteiger charge is -2.39. The van der Waals surface area contributed by atoms with E-state index in [1.54, 1.807) is 23.7 Å². The first kappa shape index (κ1) is 25.3. The lowest BCUT2D eigenvalue weighted by molar-refractivity contribution is 0.0938. The lowest BCUT2D eigenvalue weighted by atomic mass is 10.0. The third kappa shape index (κ3) is 6.60. The standard InChI is InChI=1S/C23H33ClN4O2S2/c1-16-13-21(24)26-18(3)22(16)23(29)25-9-5-17(2)27-10-6-20(7-11-27)28(32(4)30)14-19-8-12-31-15-19/h8,12-13,15,17,20H,5-7,9-11,14H2,1-4H3,(H,25,29)/t17-,32?/m1/s1. The van der Waals surface area contributed by atoms with Crippen LogP contribution >= 0.6 is 22.9 Å². The molecule has 2 atom stereocenters. The quantitative estimate of drug-likeness (QED) is 0.529. The van der Waals surface area contributed by atoms with E-state index in [2.05, 4.69) is 43.3 Å². The number of nitrogens with zero attached hydrogens (tertiary/aromatic N) is 3. The molecule has 0 spiro atoms. The molecule has 6 nitrogen and oxygen atoms in total. The number of nitrogens with one attached hydrogen (secondary N) is 1. The van der Waals surface area contributed by atoms with Gasteiger partial charge in [-0.2, -0.15) is 11.3 Å². The van der Waals surface area contributed by atoms with Gasteiger partial charge in [0.1, 0.15) is 5.15 Å². The predicted octanol–water partition coefficient (Wildman–Crippen LogP) is 4.18. The average molecular weight is 497 g/mol. The summed E-state index contributed by atoms with van der Waals surface area (Å²) in [6.45, 7) is 9.24. The zero-order chi connectivity index (χ0) is 23.3. The molecule has 3 heterocycles. The highest BCUT2D eigenvalue weighted by atomic mass is 35.5. The Bertz CT molecular complexity index is 907. The number of aromatic nitrogens is 1. The molecular formula is C23H33ClN4O2S2. The maximum Gasteiger partial charge on any atom is 0.253 e. The van der Waals surface area contributed by atoms with Gasteiger partial charge in [-0.25, -0.2) is 13.5 Å². The molecule has 1 fully saturated rings. The summed E-state index contributed by atoms with van der Waals surface area (Å²) < 4.78 is 14.5. The number of thiophene rings is 1. The third-order valence-corrected chi connectivity index (χ3v) is 8.23. The van der Waals surface area contributed by atoms with E-state index in [4.69, 9.17) is 11.6 Å². The molecule has 0 saturated carbocycles. The fourth-order valence-electron chi connectivity index (χ4n) is 4.40. The largest absolute Gasteiger partial charge is 0.352 e. The first-order chi connectivity index (χ1) is 15.3. The number of hydrogen-bond acceptors (Lipinski definition) is 5. The molecule has 1 aliphatic heterocycles. The van der Waals surface area contributed by atoms with Crippen molar-refractivity contribution in [2.24, 2.45) is 0 Å². The maximum absolute atomic E-state index is 12.6. The van der Waals surface area contributed by atoms with Gasteiger partial charge >= 0.3 is 0 Å². The molecule has 0 radical (unpaired) electrons. The van der Waals surface area contributed by atoms with Crippen molar-refractivity contribution in [2.75, 3.05) is 25.9 Å². The maximum atomic E-state index is 12.6. The normalized spacial score (nSPS) is 17.4. The van der Waals surface area contributed by atoms with Gasteiger partial charge in [-0.05, 0) is 87.1 Å². The highest BCUT2D eigenvalue weighted by molar-refractivity contribution is 7.81. The molecule has 1 amide bonds. The summed E-state index contributed by atoms with van der Waals surface area (Å²) in [5.41, 5.74) is 3.35. The van der Waals surface area contributed by atoms with E-state index in [1.807, 2.05) is 13.8 Å². The fourth-order valence-corrected chi connectivity index (χ4v) is 6.31. The van der Waals surface area contributed by atoms with Crippen molar-refractivity contribution in [1.29, 1.82) is 0 Å². The van der Waals surface area contributed by atoms with Crippen LogP contribution < -0.4 is 5.32 Å². The van der Waals surface area contributed by atoms with Gasteiger partial charge in [0.15, 0.2) is 0 Å². The van der Waals surface area contributed by atoms with Crippen LogP contribution in [0.3, 0.4) is 0 Å². The fraction of sp³-hybridized carbons (Fsp3) is 0.565. The number of pyridine rings is 1. The van der Waals surface area contributed by atoms with E-state index in [0.29, 0.717) is 35.0 Å². The summed E-state index contributed by atoms with van der Waals surface area (Å²) in [7, 11) is -0.983. The Morgan fingerprint density at radius 3 is 2.72 bits per heavy atom. The van der Waals surface area contributed by atoms with Gasteiger partial charge in [0, 0.05) is 31.4 Å². The number of aryl methyl sites for hydroxylation is 2. The molecule has 1 aliphatic rings. The summed E-state index contributed by atoms with van der Waals surface area (Å²) >= 11 is 7.65. The number of halogens is 1. The molecule has 32 heavy (non-hydrogen) atoms. The minimum absolute atomic E-state index is 0.0930. The van der Waals surface area contributed by atoms with Crippen LogP contribution in [0.25, 0.3) is 0 Å². The number of likely N-dealkylation sites (tertiary alicyclic amines) is 1. The SMILES string of the molecule is Cc1cc(Cl)nc(C)c1C(=O)NCC[C@@H](C)N1CCC(N(Cc2ccsc2)S(C)=O)CC1. The van der Waals surface area contributed by atoms with Gasteiger partial charge in [-0.1, -0.05) is 11.6 Å². The Morgan fingerprint density at radius 1 is 1.41 bits per heavy atom. The van der Waals surface area contributed by atoms with E-state index in [0.717, 1.165) is 44.5 Å². The number of carbonyl (C=O) groups excluding carboxylic acids is 1. The van der Waals surface area contributed by atoms with Crippen LogP contribution in [0.1, 0.15) is 53.4 Å². The summed E-state index contributed by atoms with van der Waals surface area (Å²) in [6.07, 6.45) is 4.68. The molecule has 1 saturated heterocycles. The van der Waals surface area contributed by atoms with Crippen molar-refractivity contribution in [3.63, 3.8) is 0 Å². The van der Waals surface area contributed by atoms with Crippen LogP contribution in [0.15, 0.2) is 22.9 Å². The van der Waals surface area contributed by atoms with E-state index >= 15 is 0 Å². The van der Waals surface area contributed by atoms with Crippen LogP contribution in [0, 0.1) is 13.8 Å². The Hall–Kier alpha value is -1.32. The number of carbonyl (C=O) groups is 1. The van der Waals surface area contributed by atoms with E-state index in [-0.39, 0.29) is 5.91 Å². The monoisotopic (exact) mass is 496 g/mol. The molecule has 3 rings (SSSR count). The molecule has 0 aromatic carbocycles. The molecule has 2 aromatic rings. The number of hydrogen-bond donors (Lipinski definition) is 1. The first-order valence-corrected chi connectivity index (χ1v) is 13.9. The smallest absolute Gasteiger partial charge is 0.253 e. The van der Waals surface area contributed by atoms with Crippen molar-refractivity contribution in [1.82, 2.24) is 19.5 Å². The van der Waals surface area contributed by atoms with Gasteiger partial charge in [0.05, 0.1) is 22.2 Å². The Morgan fingerprint density at radius 2 is 2.12 bits per heavy atom. The van der Waals surface area contributed by atoms with Crippen LogP contribution in [-0.2, 0) is 17.5 Å². The van der Waals surface area contributed by atoms with Gasteiger partial charge in [0.2, 0.25) is 0 Å². The molecule has 1 N–H and O–H groups in total. The van der Waals surface area contributed by atoms with E-state index in [1.165, 1.54) is 5.56 Å². The van der Waals surface area contributed by atoms with Crippen LogP contribution in [0.5, 0.6) is 0 Å². The first-order valence-electron chi connectivity index (χ1n) is 11.0. The molecule has 0 bridgehead atoms. The lowest BCUT2D eigenvalue weighted by Crippen LogP contribution is -2.48. The minimum atomic E-state index is -0.983. The minimum Gasteiger partial charge on any atom is -0.352 e. The third-order valence-electron chi connectivity index (χ3n) is 6.22. The van der Waals surface area contributed by atoms with Crippen LogP contribution in [0.2, 0.25) is 5.15 Å². The van der Waals surface area contributed by atoms with Crippen molar-refractivity contribution in [3.8, 4) is 0 Å². The van der Waals surface area contributed by atoms with Gasteiger partial charge < -0.3 is 10.2 Å². The number of rotatable bonds is 9. The molecule has 2 aromatic heterocycles. The number of amides is 1. The topological polar surface area (TPSA) is 65.5 Å². The molecule has 1 unspecified atom stereocenters. The van der Waals surface area contributed by atoms with Crippen molar-refractivity contribution >= 4 is 39.8 Å². The Kier molecular flexibility index (Phi) is 9.25. The van der Waals surface area contributed by atoms with Gasteiger partial charge in [-0.15, -0.1) is 0 Å². The highest BCUT2D eigenvalue weighted by Gasteiger charge is 2.28. The van der Waals surface area contributed by atoms with Crippen molar-refractivity contribution < 1.29 is 9.00 Å². The van der Waals surface area contributed by atoms with E-state index in [9.17, 15) is 9.00 Å². The molecular weight excluding hydrogens is 464 g/mol. The summed E-state index contributed by atoms with van der Waals surface area (Å²) in [6, 6.07) is 4.55. The molecule has 9 heteroatoms. The molecule has 0 aliphatic carbocycles. The van der Waals surface area contributed by atoms with Crippen LogP contribution in [0.4, 0.5) is 0 Å². The van der Waals surface area contributed by atoms with Gasteiger partial charge in [0.25, 0.3) is 5.91 Å². The van der Waals surface area contributed by atoms with Crippen molar-refractivity contribution in [3.05, 3.63) is 50.4 Å². The second-order valence-corrected chi connectivity index (χ2v) is 11.0. The predicted molar refractivity (Wildman–Crippen MR) is 134 cm³/mol. The number of piperidine rings is 1. The second-order valence-electron chi connectivity index (χ2n) is 8.51. The second kappa shape index (κ2) is 11.7. The highest BCUT2D eigenvalue weighted by Crippen LogP contribution is 2.23. The Labute approximate surface area is 202 Å². The van der Waals surface area contributed by atoms with E-state index < -0.39 is 11.0 Å². The summed E-state index contributed by atoms with van der Waals surface area (Å²) in [5.74, 6) is -0.0930. The zero-order valence-electron chi connectivity index (χ0n) is 19.3.